The summed E-state index contributed by atoms with van der Waals surface area (Å²) in [4.78, 5) is 7.01. The average molecular weight is 198 g/mol. The number of aromatic nitrogens is 1. The zero-order valence-electron chi connectivity index (χ0n) is 8.90. The van der Waals surface area contributed by atoms with Crippen LogP contribution in [0.15, 0.2) is 30.3 Å². The maximum atomic E-state index is 4.65. The van der Waals surface area contributed by atoms with Crippen LogP contribution in [0.2, 0.25) is 0 Å². The molecule has 1 aliphatic heterocycles. The van der Waals surface area contributed by atoms with Crippen molar-refractivity contribution < 1.29 is 0 Å². The molecule has 1 fully saturated rings. The number of nitrogens with zero attached hydrogens (tertiary/aromatic N) is 2. The van der Waals surface area contributed by atoms with Crippen molar-refractivity contribution in [3.05, 3.63) is 36.0 Å². The highest BCUT2D eigenvalue weighted by molar-refractivity contribution is 5.92. The summed E-state index contributed by atoms with van der Waals surface area (Å²) in [6.45, 7) is 4.37. The van der Waals surface area contributed by atoms with Crippen LogP contribution >= 0.6 is 0 Å². The van der Waals surface area contributed by atoms with Crippen LogP contribution in [0.4, 0.5) is 5.82 Å². The first-order chi connectivity index (χ1) is 7.34. The number of anilines is 1. The molecule has 1 saturated heterocycles. The van der Waals surface area contributed by atoms with Crippen LogP contribution in [0.5, 0.6) is 0 Å². The van der Waals surface area contributed by atoms with Crippen molar-refractivity contribution >= 4 is 16.6 Å². The predicted octanol–water partition coefficient (Wildman–Crippen LogP) is 2.75. The quantitative estimate of drug-likeness (QED) is 0.700. The van der Waals surface area contributed by atoms with Crippen molar-refractivity contribution in [2.45, 2.75) is 13.3 Å². The molecule has 0 saturated carbocycles. The molecule has 15 heavy (non-hydrogen) atoms. The molecule has 0 amide bonds. The molecular weight excluding hydrogens is 184 g/mol. The van der Waals surface area contributed by atoms with Crippen molar-refractivity contribution in [1.82, 2.24) is 4.98 Å². The van der Waals surface area contributed by atoms with Gasteiger partial charge >= 0.3 is 0 Å². The van der Waals surface area contributed by atoms with Gasteiger partial charge < -0.3 is 4.90 Å². The molecule has 1 aliphatic rings. The molecule has 2 nitrogen and oxygen atoms in total. The fraction of sp³-hybridized carbons (Fsp3) is 0.308. The first-order valence-electron chi connectivity index (χ1n) is 5.46. The third-order valence-electron chi connectivity index (χ3n) is 3.00. The summed E-state index contributed by atoms with van der Waals surface area (Å²) >= 11 is 0. The molecule has 3 rings (SSSR count). The number of pyridine rings is 1. The van der Waals surface area contributed by atoms with Crippen molar-refractivity contribution in [2.24, 2.45) is 0 Å². The van der Waals surface area contributed by atoms with Crippen LogP contribution in [0.25, 0.3) is 10.8 Å². The molecule has 0 radical (unpaired) electrons. The number of benzene rings is 1. The molecule has 0 atom stereocenters. The second kappa shape index (κ2) is 3.23. The lowest BCUT2D eigenvalue weighted by molar-refractivity contribution is 0.611. The van der Waals surface area contributed by atoms with E-state index >= 15 is 0 Å². The largest absolute Gasteiger partial charge is 0.356 e. The highest BCUT2D eigenvalue weighted by Crippen LogP contribution is 2.28. The normalized spacial score (nSPS) is 15.4. The number of hydrogen-bond acceptors (Lipinski definition) is 2. The molecule has 0 unspecified atom stereocenters. The Morgan fingerprint density at radius 3 is 2.73 bits per heavy atom. The lowest BCUT2D eigenvalue weighted by Gasteiger charge is -2.33. The first kappa shape index (κ1) is 8.72. The minimum absolute atomic E-state index is 1.11. The van der Waals surface area contributed by atoms with Crippen molar-refractivity contribution in [1.29, 1.82) is 0 Å². The van der Waals surface area contributed by atoms with Crippen LogP contribution in [0.3, 0.4) is 0 Å². The summed E-state index contributed by atoms with van der Waals surface area (Å²) in [6.07, 6.45) is 1.30. The second-order valence-corrected chi connectivity index (χ2v) is 4.15. The summed E-state index contributed by atoms with van der Waals surface area (Å²) in [5.74, 6) is 1.16. The number of hydrogen-bond donors (Lipinski definition) is 0. The topological polar surface area (TPSA) is 16.1 Å². The van der Waals surface area contributed by atoms with Gasteiger partial charge in [-0.05, 0) is 24.8 Å². The minimum Gasteiger partial charge on any atom is -0.356 e. The third kappa shape index (κ3) is 1.37. The van der Waals surface area contributed by atoms with Crippen molar-refractivity contribution in [3.63, 3.8) is 0 Å². The zero-order valence-corrected chi connectivity index (χ0v) is 8.90. The van der Waals surface area contributed by atoms with Crippen molar-refractivity contribution in [2.75, 3.05) is 18.0 Å². The van der Waals surface area contributed by atoms with E-state index in [0.717, 1.165) is 24.6 Å². The molecule has 0 N–H and O–H groups in total. The lowest BCUT2D eigenvalue weighted by atomic mass is 10.1. The van der Waals surface area contributed by atoms with Gasteiger partial charge in [0.25, 0.3) is 0 Å². The van der Waals surface area contributed by atoms with E-state index in [0.29, 0.717) is 0 Å². The molecular formula is C13H14N2. The van der Waals surface area contributed by atoms with Gasteiger partial charge in [0.2, 0.25) is 0 Å². The second-order valence-electron chi connectivity index (χ2n) is 4.15. The molecule has 2 heterocycles. The first-order valence-corrected chi connectivity index (χ1v) is 5.46. The Morgan fingerprint density at radius 2 is 2.00 bits per heavy atom. The number of rotatable bonds is 1. The number of fused-ring (bicyclic) bond motifs is 1. The van der Waals surface area contributed by atoms with Gasteiger partial charge in [-0.3, -0.25) is 0 Å². The molecule has 76 valence electrons. The van der Waals surface area contributed by atoms with Gasteiger partial charge in [0, 0.05) is 24.2 Å². The molecule has 0 bridgehead atoms. The minimum atomic E-state index is 1.11. The van der Waals surface area contributed by atoms with Gasteiger partial charge in [0.15, 0.2) is 0 Å². The Kier molecular flexibility index (Phi) is 1.88. The molecule has 2 aromatic rings. The smallest absolute Gasteiger partial charge is 0.136 e. The maximum Gasteiger partial charge on any atom is 0.136 e. The molecule has 2 heteroatoms. The Morgan fingerprint density at radius 1 is 1.20 bits per heavy atom. The van der Waals surface area contributed by atoms with Gasteiger partial charge in [-0.1, -0.05) is 24.3 Å². The van der Waals surface area contributed by atoms with Gasteiger partial charge in [0.1, 0.15) is 5.82 Å². The van der Waals surface area contributed by atoms with E-state index in [1.807, 2.05) is 0 Å². The van der Waals surface area contributed by atoms with E-state index in [4.69, 9.17) is 0 Å². The summed E-state index contributed by atoms with van der Waals surface area (Å²) in [5, 5.41) is 2.58. The molecule has 1 aromatic heterocycles. The standard InChI is InChI=1S/C13H14N2/c1-10-9-11-5-2-3-6-12(11)13(14-10)15-7-4-8-15/h2-3,5-6,9H,4,7-8H2,1H3. The van der Waals surface area contributed by atoms with E-state index in [9.17, 15) is 0 Å². The molecule has 0 spiro atoms. The Labute approximate surface area is 89.5 Å². The molecule has 0 aliphatic carbocycles. The Bertz CT molecular complexity index is 501. The monoisotopic (exact) mass is 198 g/mol. The summed E-state index contributed by atoms with van der Waals surface area (Å²) in [5.41, 5.74) is 1.11. The summed E-state index contributed by atoms with van der Waals surface area (Å²) in [6, 6.07) is 10.6. The van der Waals surface area contributed by atoms with E-state index in [-0.39, 0.29) is 0 Å². The van der Waals surface area contributed by atoms with Gasteiger partial charge in [0.05, 0.1) is 0 Å². The highest BCUT2D eigenvalue weighted by atomic mass is 15.2. The predicted molar refractivity (Wildman–Crippen MR) is 63.3 cm³/mol. The number of aryl methyl sites for hydroxylation is 1. The summed E-state index contributed by atoms with van der Waals surface area (Å²) < 4.78 is 0. The van der Waals surface area contributed by atoms with Crippen LogP contribution < -0.4 is 4.90 Å². The fourth-order valence-corrected chi connectivity index (χ4v) is 2.08. The van der Waals surface area contributed by atoms with Crippen LogP contribution in [-0.4, -0.2) is 18.1 Å². The van der Waals surface area contributed by atoms with Crippen LogP contribution in [0.1, 0.15) is 12.1 Å². The van der Waals surface area contributed by atoms with E-state index in [2.05, 4.69) is 47.1 Å². The highest BCUT2D eigenvalue weighted by Gasteiger charge is 2.18. The van der Waals surface area contributed by atoms with E-state index < -0.39 is 0 Å². The van der Waals surface area contributed by atoms with Gasteiger partial charge in [-0.2, -0.15) is 0 Å². The maximum absolute atomic E-state index is 4.65. The van der Waals surface area contributed by atoms with Gasteiger partial charge in [-0.15, -0.1) is 0 Å². The lowest BCUT2D eigenvalue weighted by Crippen LogP contribution is -2.37. The van der Waals surface area contributed by atoms with Crippen LogP contribution in [0, 0.1) is 6.92 Å². The van der Waals surface area contributed by atoms with E-state index in [1.54, 1.807) is 0 Å². The third-order valence-corrected chi connectivity index (χ3v) is 3.00. The SMILES string of the molecule is Cc1cc2ccccc2c(N2CCC2)n1. The zero-order chi connectivity index (χ0) is 10.3. The Hall–Kier alpha value is -1.57. The van der Waals surface area contributed by atoms with Crippen LogP contribution in [-0.2, 0) is 0 Å². The van der Waals surface area contributed by atoms with Crippen molar-refractivity contribution in [3.8, 4) is 0 Å². The summed E-state index contributed by atoms with van der Waals surface area (Å²) in [7, 11) is 0. The van der Waals surface area contributed by atoms with E-state index in [1.165, 1.54) is 17.2 Å². The Balaban J connectivity index is 2.25. The van der Waals surface area contributed by atoms with Gasteiger partial charge in [-0.25, -0.2) is 4.98 Å². The molecule has 1 aromatic carbocycles. The fourth-order valence-electron chi connectivity index (χ4n) is 2.08. The average Bonchev–Trinajstić information content (AvgIpc) is 2.14.